The maximum absolute atomic E-state index is 13.5. The quantitative estimate of drug-likeness (QED) is 0.0907. The van der Waals surface area contributed by atoms with Crippen molar-refractivity contribution in [2.45, 2.75) is 58.8 Å². The molecule has 0 atom stereocenters. The monoisotopic (exact) mass is 824 g/mol. The normalized spacial score (nSPS) is 10.8. The van der Waals surface area contributed by atoms with Gasteiger partial charge in [-0.3, -0.25) is 19.0 Å². The Labute approximate surface area is 348 Å². The van der Waals surface area contributed by atoms with E-state index in [1.54, 1.807) is 60.1 Å². The van der Waals surface area contributed by atoms with Crippen molar-refractivity contribution in [3.8, 4) is 39.5 Å². The lowest BCUT2D eigenvalue weighted by atomic mass is 10.0. The highest BCUT2D eigenvalue weighted by atomic mass is 19.1. The third-order valence-electron chi connectivity index (χ3n) is 9.90. The number of hydrogen-bond donors (Lipinski definition) is 0. The van der Waals surface area contributed by atoms with Crippen LogP contribution in [0.5, 0.6) is 17.2 Å². The van der Waals surface area contributed by atoms with Gasteiger partial charge in [-0.05, 0) is 97.1 Å². The van der Waals surface area contributed by atoms with Gasteiger partial charge < -0.3 is 24.0 Å². The highest BCUT2D eigenvalue weighted by Gasteiger charge is 2.15. The SMILES string of the molecule is COc1ccc(-c2cnn(CCCC(=O)N(C)Cc3cc(F)ccc3OC)c2)cc1.COc1ccc(F)cc1CN(C)C(=O)CCCn1cc(-c2ccc(F)cc2C)cn1. The summed E-state index contributed by atoms with van der Waals surface area (Å²) in [4.78, 5) is 28.1. The van der Waals surface area contributed by atoms with Gasteiger partial charge in [0.05, 0.1) is 33.7 Å². The Morgan fingerprint density at radius 2 is 1.07 bits per heavy atom. The summed E-state index contributed by atoms with van der Waals surface area (Å²) in [6.45, 7) is 3.65. The number of rotatable bonds is 17. The second-order valence-corrected chi connectivity index (χ2v) is 14.3. The molecule has 11 nitrogen and oxygen atoms in total. The van der Waals surface area contributed by atoms with E-state index in [0.717, 1.165) is 33.6 Å². The molecule has 0 saturated heterocycles. The Bertz CT molecular complexity index is 2350. The number of amides is 2. The molecule has 6 aromatic rings. The molecule has 0 aliphatic rings. The predicted octanol–water partition coefficient (Wildman–Crippen LogP) is 8.73. The zero-order chi connectivity index (χ0) is 43.2. The molecule has 0 aliphatic heterocycles. The first-order valence-electron chi connectivity index (χ1n) is 19.5. The van der Waals surface area contributed by atoms with Gasteiger partial charge in [-0.25, -0.2) is 13.2 Å². The van der Waals surface area contributed by atoms with Gasteiger partial charge in [0, 0.05) is 87.8 Å². The minimum Gasteiger partial charge on any atom is -0.497 e. The molecular weight excluding hydrogens is 774 g/mol. The molecule has 60 heavy (non-hydrogen) atoms. The minimum absolute atomic E-state index is 0.0103. The Morgan fingerprint density at radius 1 is 0.600 bits per heavy atom. The third-order valence-corrected chi connectivity index (χ3v) is 9.90. The number of carbonyl (C=O) groups is 2. The van der Waals surface area contributed by atoms with Crippen LogP contribution in [0.25, 0.3) is 22.3 Å². The molecule has 0 aliphatic carbocycles. The Morgan fingerprint density at radius 3 is 1.55 bits per heavy atom. The molecule has 0 spiro atoms. The largest absolute Gasteiger partial charge is 0.497 e. The number of ether oxygens (including phenoxy) is 3. The number of hydrogen-bond acceptors (Lipinski definition) is 7. The molecule has 2 heterocycles. The maximum atomic E-state index is 13.5. The van der Waals surface area contributed by atoms with E-state index in [-0.39, 0.29) is 35.8 Å². The van der Waals surface area contributed by atoms with Crippen molar-refractivity contribution in [2.24, 2.45) is 0 Å². The summed E-state index contributed by atoms with van der Waals surface area (Å²) in [6, 6.07) is 21.0. The van der Waals surface area contributed by atoms with Crippen LogP contribution in [-0.2, 0) is 35.8 Å². The van der Waals surface area contributed by atoms with Gasteiger partial charge in [0.2, 0.25) is 11.8 Å². The van der Waals surface area contributed by atoms with Crippen LogP contribution in [0.3, 0.4) is 0 Å². The van der Waals surface area contributed by atoms with Crippen molar-refractivity contribution in [1.82, 2.24) is 29.4 Å². The molecule has 4 aromatic carbocycles. The van der Waals surface area contributed by atoms with Gasteiger partial charge in [0.15, 0.2) is 0 Å². The highest BCUT2D eigenvalue weighted by molar-refractivity contribution is 5.76. The smallest absolute Gasteiger partial charge is 0.222 e. The van der Waals surface area contributed by atoms with Gasteiger partial charge in [0.1, 0.15) is 34.7 Å². The van der Waals surface area contributed by atoms with Gasteiger partial charge in [0.25, 0.3) is 0 Å². The molecule has 0 unspecified atom stereocenters. The molecule has 2 aromatic heterocycles. The van der Waals surface area contributed by atoms with Gasteiger partial charge in [-0.15, -0.1) is 0 Å². The highest BCUT2D eigenvalue weighted by Crippen LogP contribution is 2.26. The summed E-state index contributed by atoms with van der Waals surface area (Å²) in [7, 11) is 8.09. The van der Waals surface area contributed by atoms with E-state index < -0.39 is 0 Å². The standard InChI is InChI=1S/C23H25F2N3O2.C23H26FN3O3/c1-16-11-19(24)6-8-21(16)18-13-26-28(15-18)10-4-5-23(29)27(2)14-17-12-20(25)7-9-22(17)30-3;1-26(15-18-13-20(24)8-11-22(18)30-3)23(28)5-4-12-27-16-19(14-25-27)17-6-9-21(29-2)10-7-17/h6-9,11-13,15H,4-5,10,14H2,1-3H3;6-11,13-14,16H,4-5,12,15H2,1-3H3. The molecule has 0 bridgehead atoms. The average Bonchev–Trinajstić information content (AvgIpc) is 3.91. The second-order valence-electron chi connectivity index (χ2n) is 14.3. The lowest BCUT2D eigenvalue weighted by Crippen LogP contribution is -2.26. The predicted molar refractivity (Wildman–Crippen MR) is 224 cm³/mol. The molecule has 14 heteroatoms. The molecule has 316 valence electrons. The second kappa shape index (κ2) is 21.4. The number of halogens is 3. The van der Waals surface area contributed by atoms with Gasteiger partial charge >= 0.3 is 0 Å². The van der Waals surface area contributed by atoms with Crippen molar-refractivity contribution >= 4 is 11.8 Å². The van der Waals surface area contributed by atoms with Crippen molar-refractivity contribution < 1.29 is 37.0 Å². The molecular formula is C46H51F3N6O5. The third kappa shape index (κ3) is 12.5. The number of aryl methyl sites for hydroxylation is 3. The van der Waals surface area contributed by atoms with Gasteiger partial charge in [-0.1, -0.05) is 18.2 Å². The van der Waals surface area contributed by atoms with Crippen LogP contribution < -0.4 is 14.2 Å². The van der Waals surface area contributed by atoms with Crippen LogP contribution in [0.2, 0.25) is 0 Å². The lowest BCUT2D eigenvalue weighted by Gasteiger charge is -2.19. The maximum Gasteiger partial charge on any atom is 0.222 e. The van der Waals surface area contributed by atoms with Crippen molar-refractivity contribution in [2.75, 3.05) is 35.4 Å². The molecule has 0 saturated carbocycles. The van der Waals surface area contributed by atoms with E-state index in [0.29, 0.717) is 67.9 Å². The fourth-order valence-corrected chi connectivity index (χ4v) is 6.59. The summed E-state index contributed by atoms with van der Waals surface area (Å²) in [5, 5.41) is 8.72. The Kier molecular flexibility index (Phi) is 15.9. The van der Waals surface area contributed by atoms with Gasteiger partial charge in [-0.2, -0.15) is 10.2 Å². The van der Waals surface area contributed by atoms with Crippen LogP contribution >= 0.6 is 0 Å². The van der Waals surface area contributed by atoms with E-state index in [9.17, 15) is 22.8 Å². The number of benzene rings is 4. The summed E-state index contributed by atoms with van der Waals surface area (Å²) < 4.78 is 59.6. The molecule has 6 rings (SSSR count). The van der Waals surface area contributed by atoms with Crippen LogP contribution in [0.15, 0.2) is 104 Å². The van der Waals surface area contributed by atoms with Crippen LogP contribution in [0.1, 0.15) is 42.4 Å². The van der Waals surface area contributed by atoms with E-state index in [2.05, 4.69) is 10.2 Å². The summed E-state index contributed by atoms with van der Waals surface area (Å²) in [5.74, 6) is 0.907. The number of nitrogens with zero attached hydrogens (tertiary/aromatic N) is 6. The first kappa shape index (κ1) is 44.5. The summed E-state index contributed by atoms with van der Waals surface area (Å²) in [5.41, 5.74) is 6.03. The fourth-order valence-electron chi connectivity index (χ4n) is 6.59. The van der Waals surface area contributed by atoms with Crippen LogP contribution in [0.4, 0.5) is 13.2 Å². The summed E-state index contributed by atoms with van der Waals surface area (Å²) >= 11 is 0. The number of carbonyl (C=O) groups excluding carboxylic acids is 2. The first-order chi connectivity index (χ1) is 28.9. The molecule has 2 amide bonds. The molecule has 0 fully saturated rings. The number of methoxy groups -OCH3 is 3. The van der Waals surface area contributed by atoms with Crippen molar-refractivity contribution in [1.29, 1.82) is 0 Å². The first-order valence-corrected chi connectivity index (χ1v) is 19.5. The minimum atomic E-state index is -0.363. The van der Waals surface area contributed by atoms with E-state index in [1.165, 1.54) is 50.6 Å². The summed E-state index contributed by atoms with van der Waals surface area (Å²) in [6.07, 6.45) is 9.42. The zero-order valence-corrected chi connectivity index (χ0v) is 34.8. The van der Waals surface area contributed by atoms with Crippen LogP contribution in [-0.4, -0.2) is 76.6 Å². The van der Waals surface area contributed by atoms with E-state index in [4.69, 9.17) is 14.2 Å². The fraction of sp³-hybridized carbons (Fsp3) is 0.304. The van der Waals surface area contributed by atoms with Crippen molar-refractivity contribution in [3.05, 3.63) is 138 Å². The Balaban J connectivity index is 0.000000228. The van der Waals surface area contributed by atoms with Crippen molar-refractivity contribution in [3.63, 3.8) is 0 Å². The van der Waals surface area contributed by atoms with E-state index in [1.807, 2.05) is 54.5 Å². The Hall–Kier alpha value is -6.57. The molecule has 0 N–H and O–H groups in total. The topological polar surface area (TPSA) is 104 Å². The average molecular weight is 825 g/mol. The van der Waals surface area contributed by atoms with E-state index >= 15 is 0 Å². The van der Waals surface area contributed by atoms with Crippen LogP contribution in [0, 0.1) is 24.4 Å². The number of aromatic nitrogens is 4. The lowest BCUT2D eigenvalue weighted by molar-refractivity contribution is -0.131. The molecule has 0 radical (unpaired) electrons. The zero-order valence-electron chi connectivity index (χ0n) is 34.8.